The quantitative estimate of drug-likeness (QED) is 0.558. The van der Waals surface area contributed by atoms with Crippen LogP contribution in [0.3, 0.4) is 0 Å². The van der Waals surface area contributed by atoms with E-state index in [-0.39, 0.29) is 0 Å². The van der Waals surface area contributed by atoms with Crippen molar-refractivity contribution >= 4 is 11.5 Å². The van der Waals surface area contributed by atoms with Crippen LogP contribution in [0.15, 0.2) is 12.1 Å². The molecule has 4 heteroatoms. The van der Waals surface area contributed by atoms with Crippen molar-refractivity contribution in [3.05, 3.63) is 45.8 Å². The van der Waals surface area contributed by atoms with Crippen LogP contribution in [-0.2, 0) is 6.42 Å². The van der Waals surface area contributed by atoms with Gasteiger partial charge in [-0.1, -0.05) is 31.0 Å². The molecule has 3 aromatic rings. The molecule has 29 heavy (non-hydrogen) atoms. The lowest BCUT2D eigenvalue weighted by atomic mass is 9.94. The maximum atomic E-state index is 5.12. The van der Waals surface area contributed by atoms with Crippen LogP contribution in [-0.4, -0.2) is 27.7 Å². The summed E-state index contributed by atoms with van der Waals surface area (Å²) >= 11 is 0. The first kappa shape index (κ1) is 19.9. The lowest BCUT2D eigenvalue weighted by Gasteiger charge is -2.26. The Labute approximate surface area is 175 Å². The molecule has 4 nitrogen and oxygen atoms in total. The van der Waals surface area contributed by atoms with Gasteiger partial charge in [-0.05, 0) is 77.0 Å². The monoisotopic (exact) mass is 390 g/mol. The molecule has 0 atom stereocenters. The van der Waals surface area contributed by atoms with Crippen LogP contribution in [0, 0.1) is 34.6 Å². The summed E-state index contributed by atoms with van der Waals surface area (Å²) in [6.07, 6.45) is 5.99. The van der Waals surface area contributed by atoms with Gasteiger partial charge in [-0.3, -0.25) is 0 Å². The molecule has 0 radical (unpaired) electrons. The molecule has 0 fully saturated rings. The van der Waals surface area contributed by atoms with Gasteiger partial charge >= 0.3 is 0 Å². The van der Waals surface area contributed by atoms with E-state index in [1.807, 2.05) is 0 Å². The van der Waals surface area contributed by atoms with Crippen molar-refractivity contribution in [1.82, 2.24) is 14.6 Å². The van der Waals surface area contributed by atoms with Gasteiger partial charge in [0.25, 0.3) is 0 Å². The summed E-state index contributed by atoms with van der Waals surface area (Å²) in [6.45, 7) is 15.4. The topological polar surface area (TPSA) is 33.4 Å². The van der Waals surface area contributed by atoms with Gasteiger partial charge in [0.1, 0.15) is 5.82 Å². The highest BCUT2D eigenvalue weighted by molar-refractivity contribution is 5.85. The highest BCUT2D eigenvalue weighted by atomic mass is 15.4. The molecule has 1 aromatic carbocycles. The first-order valence-electron chi connectivity index (χ1n) is 11.1. The number of aryl methyl sites for hydroxylation is 5. The summed E-state index contributed by atoms with van der Waals surface area (Å²) in [6, 6.07) is 4.55. The predicted octanol–water partition coefficient (Wildman–Crippen LogP) is 5.88. The second-order valence-corrected chi connectivity index (χ2v) is 8.77. The molecule has 154 valence electrons. The largest absolute Gasteiger partial charge is 0.356 e. The SMILES string of the molecule is CCCCN1CCCCc2c(C)nc3c(-c4c(C)cc(C)cc4C)c(C)nn3c21. The minimum atomic E-state index is 1.01. The summed E-state index contributed by atoms with van der Waals surface area (Å²) in [5.74, 6) is 1.29. The van der Waals surface area contributed by atoms with Gasteiger partial charge in [0.15, 0.2) is 5.65 Å². The number of hydrogen-bond donors (Lipinski definition) is 0. The maximum absolute atomic E-state index is 5.12. The molecule has 0 N–H and O–H groups in total. The van der Waals surface area contributed by atoms with Crippen molar-refractivity contribution < 1.29 is 0 Å². The molecule has 0 aliphatic carbocycles. The van der Waals surface area contributed by atoms with E-state index in [1.165, 1.54) is 70.6 Å². The number of hydrogen-bond acceptors (Lipinski definition) is 3. The van der Waals surface area contributed by atoms with Gasteiger partial charge in [0.05, 0.1) is 11.3 Å². The number of anilines is 1. The highest BCUT2D eigenvalue weighted by Gasteiger charge is 2.26. The lowest BCUT2D eigenvalue weighted by Crippen LogP contribution is -2.28. The second-order valence-electron chi connectivity index (χ2n) is 8.77. The first-order valence-corrected chi connectivity index (χ1v) is 11.1. The summed E-state index contributed by atoms with van der Waals surface area (Å²) in [5.41, 5.74) is 11.0. The summed E-state index contributed by atoms with van der Waals surface area (Å²) < 4.78 is 2.16. The number of nitrogens with zero attached hydrogens (tertiary/aromatic N) is 4. The van der Waals surface area contributed by atoms with Crippen molar-refractivity contribution in [2.75, 3.05) is 18.0 Å². The van der Waals surface area contributed by atoms with Gasteiger partial charge in [0.2, 0.25) is 0 Å². The van der Waals surface area contributed by atoms with E-state index in [4.69, 9.17) is 10.1 Å². The van der Waals surface area contributed by atoms with Crippen molar-refractivity contribution in [2.45, 2.75) is 73.6 Å². The van der Waals surface area contributed by atoms with E-state index in [0.29, 0.717) is 0 Å². The van der Waals surface area contributed by atoms with Crippen LogP contribution in [0.1, 0.15) is 66.2 Å². The average Bonchev–Trinajstić information content (AvgIpc) is 2.84. The molecule has 4 rings (SSSR count). The van der Waals surface area contributed by atoms with Gasteiger partial charge < -0.3 is 4.90 Å². The van der Waals surface area contributed by atoms with Crippen molar-refractivity contribution in [1.29, 1.82) is 0 Å². The zero-order chi connectivity index (χ0) is 20.7. The van der Waals surface area contributed by atoms with Crippen LogP contribution in [0.5, 0.6) is 0 Å². The van der Waals surface area contributed by atoms with E-state index < -0.39 is 0 Å². The normalized spacial score (nSPS) is 14.3. The lowest BCUT2D eigenvalue weighted by molar-refractivity contribution is 0.670. The molecule has 0 spiro atoms. The van der Waals surface area contributed by atoms with Gasteiger partial charge in [-0.25, -0.2) is 4.98 Å². The molecule has 0 bridgehead atoms. The van der Waals surface area contributed by atoms with Crippen LogP contribution >= 0.6 is 0 Å². The third kappa shape index (κ3) is 3.43. The zero-order valence-corrected chi connectivity index (χ0v) is 18.9. The van der Waals surface area contributed by atoms with Crippen LogP contribution < -0.4 is 4.90 Å². The molecule has 0 saturated carbocycles. The Morgan fingerprint density at radius 1 is 0.931 bits per heavy atom. The zero-order valence-electron chi connectivity index (χ0n) is 18.9. The number of fused-ring (bicyclic) bond motifs is 3. The highest BCUT2D eigenvalue weighted by Crippen LogP contribution is 2.37. The Balaban J connectivity index is 2.01. The summed E-state index contributed by atoms with van der Waals surface area (Å²) in [7, 11) is 0. The fraction of sp³-hybridized carbons (Fsp3) is 0.520. The third-order valence-corrected chi connectivity index (χ3v) is 6.33. The molecule has 0 amide bonds. The number of unbranched alkanes of at least 4 members (excludes halogenated alkanes) is 1. The fourth-order valence-electron chi connectivity index (χ4n) is 5.04. The fourth-order valence-corrected chi connectivity index (χ4v) is 5.04. The minimum absolute atomic E-state index is 1.01. The molecule has 2 aromatic heterocycles. The van der Waals surface area contributed by atoms with Crippen LogP contribution in [0.2, 0.25) is 0 Å². The van der Waals surface area contributed by atoms with Crippen LogP contribution in [0.25, 0.3) is 16.8 Å². The van der Waals surface area contributed by atoms with Crippen molar-refractivity contribution in [2.24, 2.45) is 0 Å². The predicted molar refractivity (Wildman–Crippen MR) is 122 cm³/mol. The van der Waals surface area contributed by atoms with Crippen LogP contribution in [0.4, 0.5) is 5.82 Å². The molecule has 0 unspecified atom stereocenters. The Morgan fingerprint density at radius 3 is 2.34 bits per heavy atom. The molecular formula is C25H34N4. The molecule has 1 aliphatic rings. The van der Waals surface area contributed by atoms with E-state index in [2.05, 4.69) is 63.1 Å². The van der Waals surface area contributed by atoms with E-state index >= 15 is 0 Å². The molecular weight excluding hydrogens is 356 g/mol. The molecule has 3 heterocycles. The van der Waals surface area contributed by atoms with E-state index in [1.54, 1.807) is 0 Å². The average molecular weight is 391 g/mol. The van der Waals surface area contributed by atoms with Crippen molar-refractivity contribution in [3.63, 3.8) is 0 Å². The Bertz CT molecular complexity index is 1040. The number of aromatic nitrogens is 3. The standard InChI is InChI=1S/C25H34N4/c1-7-8-12-28-13-10-9-11-21-19(5)26-24-23(20(6)27-29(24)25(21)28)22-17(3)14-16(2)15-18(22)4/h14-15H,7-13H2,1-6H3. The minimum Gasteiger partial charge on any atom is -0.356 e. The third-order valence-electron chi connectivity index (χ3n) is 6.33. The van der Waals surface area contributed by atoms with Gasteiger partial charge in [0, 0.05) is 24.3 Å². The van der Waals surface area contributed by atoms with Crippen molar-refractivity contribution in [3.8, 4) is 11.1 Å². The van der Waals surface area contributed by atoms with E-state index in [9.17, 15) is 0 Å². The second kappa shape index (κ2) is 7.81. The Hall–Kier alpha value is -2.36. The maximum Gasteiger partial charge on any atom is 0.165 e. The summed E-state index contributed by atoms with van der Waals surface area (Å²) in [4.78, 5) is 7.69. The smallest absolute Gasteiger partial charge is 0.165 e. The van der Waals surface area contributed by atoms with Gasteiger partial charge in [-0.2, -0.15) is 9.61 Å². The number of rotatable bonds is 4. The molecule has 1 aliphatic heterocycles. The van der Waals surface area contributed by atoms with E-state index in [0.717, 1.165) is 30.9 Å². The summed E-state index contributed by atoms with van der Waals surface area (Å²) in [5, 5.41) is 5.06. The first-order chi connectivity index (χ1) is 13.9. The molecule has 0 saturated heterocycles. The van der Waals surface area contributed by atoms with Gasteiger partial charge in [-0.15, -0.1) is 0 Å². The Morgan fingerprint density at radius 2 is 1.66 bits per heavy atom. The number of benzene rings is 1. The Kier molecular flexibility index (Phi) is 5.37.